The van der Waals surface area contributed by atoms with Gasteiger partial charge in [0.25, 0.3) is 0 Å². The Hall–Kier alpha value is -0.120. The first-order valence-corrected chi connectivity index (χ1v) is 8.42. The van der Waals surface area contributed by atoms with E-state index in [2.05, 4.69) is 17.6 Å². The summed E-state index contributed by atoms with van der Waals surface area (Å²) >= 11 is 0. The summed E-state index contributed by atoms with van der Waals surface area (Å²) in [5.41, 5.74) is 0. The van der Waals surface area contributed by atoms with E-state index in [1.165, 1.54) is 51.5 Å². The minimum Gasteiger partial charge on any atom is -0.381 e. The summed E-state index contributed by atoms with van der Waals surface area (Å²) in [6, 6.07) is 2.21. The Morgan fingerprint density at radius 1 is 1.05 bits per heavy atom. The summed E-state index contributed by atoms with van der Waals surface area (Å²) < 4.78 is 5.48. The number of hydrogen-bond acceptors (Lipinski definition) is 3. The lowest BCUT2D eigenvalue weighted by molar-refractivity contribution is 0.0532. The van der Waals surface area contributed by atoms with Crippen molar-refractivity contribution in [2.24, 2.45) is 11.8 Å². The first kappa shape index (κ1) is 13.8. The Kier molecular flexibility index (Phi) is 4.78. The summed E-state index contributed by atoms with van der Waals surface area (Å²) in [4.78, 5) is 0. The van der Waals surface area contributed by atoms with E-state index in [9.17, 15) is 0 Å². The molecule has 1 aliphatic carbocycles. The fourth-order valence-corrected chi connectivity index (χ4v) is 4.44. The molecule has 0 amide bonds. The number of ether oxygens (including phenoxy) is 1. The minimum atomic E-state index is 0.663. The van der Waals surface area contributed by atoms with Crippen molar-refractivity contribution >= 4 is 0 Å². The molecule has 3 rings (SSSR count). The standard InChI is InChI=1S/C16H30N2O/c1-12(13-7-10-19-11-8-13)18-16-5-2-4-14(16)15-6-3-9-17-15/h12-18H,2-11H2,1H3. The third-order valence-electron chi connectivity index (χ3n) is 5.63. The lowest BCUT2D eigenvalue weighted by Crippen LogP contribution is -2.48. The van der Waals surface area contributed by atoms with E-state index >= 15 is 0 Å². The van der Waals surface area contributed by atoms with E-state index in [0.717, 1.165) is 37.1 Å². The molecule has 4 unspecified atom stereocenters. The largest absolute Gasteiger partial charge is 0.381 e. The topological polar surface area (TPSA) is 33.3 Å². The van der Waals surface area contributed by atoms with Crippen LogP contribution in [0.1, 0.15) is 51.9 Å². The van der Waals surface area contributed by atoms with Crippen LogP contribution in [-0.4, -0.2) is 37.9 Å². The monoisotopic (exact) mass is 266 g/mol. The van der Waals surface area contributed by atoms with E-state index < -0.39 is 0 Å². The Balaban J connectivity index is 1.52. The van der Waals surface area contributed by atoms with Gasteiger partial charge in [0.15, 0.2) is 0 Å². The van der Waals surface area contributed by atoms with Crippen LogP contribution in [0, 0.1) is 11.8 Å². The van der Waals surface area contributed by atoms with Crippen molar-refractivity contribution in [3.05, 3.63) is 0 Å². The van der Waals surface area contributed by atoms with Gasteiger partial charge in [-0.25, -0.2) is 0 Å². The fourth-order valence-electron chi connectivity index (χ4n) is 4.44. The van der Waals surface area contributed by atoms with Crippen LogP contribution in [0.15, 0.2) is 0 Å². The zero-order valence-electron chi connectivity index (χ0n) is 12.4. The van der Waals surface area contributed by atoms with Gasteiger partial charge in [-0.15, -0.1) is 0 Å². The molecule has 1 saturated carbocycles. The maximum absolute atomic E-state index is 5.48. The summed E-state index contributed by atoms with van der Waals surface area (Å²) in [6.45, 7) is 5.57. The van der Waals surface area contributed by atoms with Crippen molar-refractivity contribution in [1.82, 2.24) is 10.6 Å². The fraction of sp³-hybridized carbons (Fsp3) is 1.00. The molecule has 3 heteroatoms. The molecule has 0 radical (unpaired) electrons. The van der Waals surface area contributed by atoms with Crippen LogP contribution in [0.4, 0.5) is 0 Å². The Bertz CT molecular complexity index is 272. The zero-order valence-corrected chi connectivity index (χ0v) is 12.4. The lowest BCUT2D eigenvalue weighted by Gasteiger charge is -2.34. The summed E-state index contributed by atoms with van der Waals surface area (Å²) in [5.74, 6) is 1.70. The van der Waals surface area contributed by atoms with Gasteiger partial charge < -0.3 is 15.4 Å². The maximum Gasteiger partial charge on any atom is 0.0469 e. The minimum absolute atomic E-state index is 0.663. The molecule has 3 fully saturated rings. The predicted octanol–water partition coefficient (Wildman–Crippen LogP) is 2.31. The van der Waals surface area contributed by atoms with Gasteiger partial charge in [-0.05, 0) is 63.8 Å². The highest BCUT2D eigenvalue weighted by Gasteiger charge is 2.36. The highest BCUT2D eigenvalue weighted by Crippen LogP contribution is 2.33. The molecule has 2 heterocycles. The molecule has 4 atom stereocenters. The molecular weight excluding hydrogens is 236 g/mol. The van der Waals surface area contributed by atoms with Crippen LogP contribution in [0.3, 0.4) is 0 Å². The Morgan fingerprint density at radius 3 is 2.63 bits per heavy atom. The second-order valence-corrected chi connectivity index (χ2v) is 6.81. The van der Waals surface area contributed by atoms with Crippen LogP contribution in [-0.2, 0) is 4.74 Å². The van der Waals surface area contributed by atoms with Gasteiger partial charge in [0.2, 0.25) is 0 Å². The molecule has 0 spiro atoms. The zero-order chi connectivity index (χ0) is 13.1. The summed E-state index contributed by atoms with van der Waals surface area (Å²) in [6.07, 6.45) is 9.49. The van der Waals surface area contributed by atoms with Crippen molar-refractivity contribution in [3.63, 3.8) is 0 Å². The quantitative estimate of drug-likeness (QED) is 0.819. The summed E-state index contributed by atoms with van der Waals surface area (Å²) in [5, 5.41) is 7.70. The highest BCUT2D eigenvalue weighted by molar-refractivity contribution is 4.94. The SMILES string of the molecule is CC(NC1CCCC1C1CCCN1)C1CCOCC1. The van der Waals surface area contributed by atoms with Crippen molar-refractivity contribution in [1.29, 1.82) is 0 Å². The van der Waals surface area contributed by atoms with E-state index in [1.807, 2.05) is 0 Å². The van der Waals surface area contributed by atoms with Crippen molar-refractivity contribution in [2.75, 3.05) is 19.8 Å². The molecule has 0 aromatic carbocycles. The number of rotatable bonds is 4. The third kappa shape index (κ3) is 3.32. The van der Waals surface area contributed by atoms with Gasteiger partial charge in [0.1, 0.15) is 0 Å². The highest BCUT2D eigenvalue weighted by atomic mass is 16.5. The average Bonchev–Trinajstić information content (AvgIpc) is 3.10. The van der Waals surface area contributed by atoms with Crippen molar-refractivity contribution < 1.29 is 4.74 Å². The smallest absolute Gasteiger partial charge is 0.0469 e. The number of nitrogens with one attached hydrogen (secondary N) is 2. The van der Waals surface area contributed by atoms with Crippen LogP contribution in [0.5, 0.6) is 0 Å². The van der Waals surface area contributed by atoms with E-state index in [-0.39, 0.29) is 0 Å². The molecule has 2 aliphatic heterocycles. The van der Waals surface area contributed by atoms with E-state index in [4.69, 9.17) is 4.74 Å². The van der Waals surface area contributed by atoms with E-state index in [0.29, 0.717) is 6.04 Å². The predicted molar refractivity (Wildman–Crippen MR) is 78.3 cm³/mol. The molecule has 3 aliphatic rings. The van der Waals surface area contributed by atoms with Gasteiger partial charge in [-0.1, -0.05) is 6.42 Å². The molecule has 0 bridgehead atoms. The molecule has 2 saturated heterocycles. The normalized spacial score (nSPS) is 38.7. The molecule has 2 N–H and O–H groups in total. The van der Waals surface area contributed by atoms with Gasteiger partial charge in [-0.3, -0.25) is 0 Å². The molecule has 3 nitrogen and oxygen atoms in total. The molecule has 0 aromatic heterocycles. The van der Waals surface area contributed by atoms with E-state index in [1.54, 1.807) is 0 Å². The molecule has 19 heavy (non-hydrogen) atoms. The second-order valence-electron chi connectivity index (χ2n) is 6.81. The average molecular weight is 266 g/mol. The Labute approximate surface area is 117 Å². The molecule has 110 valence electrons. The number of hydrogen-bond donors (Lipinski definition) is 2. The van der Waals surface area contributed by atoms with Crippen LogP contribution in [0.2, 0.25) is 0 Å². The second kappa shape index (κ2) is 6.55. The van der Waals surface area contributed by atoms with Crippen molar-refractivity contribution in [3.8, 4) is 0 Å². The van der Waals surface area contributed by atoms with Crippen LogP contribution in [0.25, 0.3) is 0 Å². The lowest BCUT2D eigenvalue weighted by atomic mass is 9.89. The Morgan fingerprint density at radius 2 is 1.89 bits per heavy atom. The van der Waals surface area contributed by atoms with Gasteiger partial charge in [0, 0.05) is 31.3 Å². The van der Waals surface area contributed by atoms with Gasteiger partial charge in [-0.2, -0.15) is 0 Å². The van der Waals surface area contributed by atoms with Gasteiger partial charge in [0.05, 0.1) is 0 Å². The van der Waals surface area contributed by atoms with Gasteiger partial charge >= 0.3 is 0 Å². The summed E-state index contributed by atoms with van der Waals surface area (Å²) in [7, 11) is 0. The maximum atomic E-state index is 5.48. The first-order valence-electron chi connectivity index (χ1n) is 8.42. The van der Waals surface area contributed by atoms with Crippen LogP contribution >= 0.6 is 0 Å². The molecular formula is C16H30N2O. The van der Waals surface area contributed by atoms with Crippen LogP contribution < -0.4 is 10.6 Å². The third-order valence-corrected chi connectivity index (χ3v) is 5.63. The molecule has 0 aromatic rings. The first-order chi connectivity index (χ1) is 9.34. The van der Waals surface area contributed by atoms with Crippen molar-refractivity contribution in [2.45, 2.75) is 70.0 Å².